The maximum absolute atomic E-state index is 13.0. The summed E-state index contributed by atoms with van der Waals surface area (Å²) in [4.78, 5) is 25.4. The minimum absolute atomic E-state index is 0.00760. The van der Waals surface area contributed by atoms with Crippen molar-refractivity contribution >= 4 is 11.6 Å². The van der Waals surface area contributed by atoms with Gasteiger partial charge in [-0.05, 0) is 42.5 Å². The summed E-state index contributed by atoms with van der Waals surface area (Å²) < 4.78 is 5.55. The van der Waals surface area contributed by atoms with Gasteiger partial charge in [0.25, 0.3) is 0 Å². The molecule has 0 aliphatic heterocycles. The van der Waals surface area contributed by atoms with Gasteiger partial charge in [-0.1, -0.05) is 6.92 Å². The summed E-state index contributed by atoms with van der Waals surface area (Å²) in [5.74, 6) is 0.0457. The molecule has 2 aromatic rings. The van der Waals surface area contributed by atoms with Crippen molar-refractivity contribution in [3.8, 4) is 0 Å². The van der Waals surface area contributed by atoms with Gasteiger partial charge in [0, 0.05) is 34.1 Å². The third-order valence-electron chi connectivity index (χ3n) is 6.19. The monoisotopic (exact) mass is 338 g/mol. The molecule has 5 nitrogen and oxygen atoms in total. The van der Waals surface area contributed by atoms with Gasteiger partial charge in [-0.2, -0.15) is 0 Å². The third-order valence-corrected chi connectivity index (χ3v) is 6.19. The molecule has 128 valence electrons. The molecule has 2 N–H and O–H groups in total. The van der Waals surface area contributed by atoms with Crippen molar-refractivity contribution in [2.45, 2.75) is 50.2 Å². The van der Waals surface area contributed by atoms with E-state index in [0.29, 0.717) is 47.9 Å². The molecule has 2 unspecified atom stereocenters. The summed E-state index contributed by atoms with van der Waals surface area (Å²) in [6.07, 6.45) is 2.08. The number of hydrogen-bond acceptors (Lipinski definition) is 5. The van der Waals surface area contributed by atoms with Crippen molar-refractivity contribution in [2.75, 3.05) is 0 Å². The number of carbonyl (C=O) groups is 2. The number of hydrogen-bond donors (Lipinski definition) is 2. The van der Waals surface area contributed by atoms with Crippen LogP contribution >= 0.6 is 0 Å². The predicted octanol–water partition coefficient (Wildman–Crippen LogP) is 2.97. The third kappa shape index (κ3) is 1.75. The van der Waals surface area contributed by atoms with E-state index < -0.39 is 17.6 Å². The predicted molar refractivity (Wildman–Crippen MR) is 87.8 cm³/mol. The van der Waals surface area contributed by atoms with Crippen LogP contribution in [0.4, 0.5) is 0 Å². The molecular weight excluding hydrogens is 320 g/mol. The Bertz CT molecular complexity index is 953. The van der Waals surface area contributed by atoms with Crippen LogP contribution in [-0.4, -0.2) is 21.8 Å². The topological polar surface area (TPSA) is 87.7 Å². The van der Waals surface area contributed by atoms with Crippen LogP contribution in [0.15, 0.2) is 22.8 Å². The van der Waals surface area contributed by atoms with Gasteiger partial charge in [0.05, 0.1) is 18.5 Å². The molecule has 0 spiro atoms. The lowest BCUT2D eigenvalue weighted by Gasteiger charge is -2.41. The SMILES string of the molecule is CC12CC[C@@H](O)c3coc(c31)C(=O)c1cc3c(cc12)C(=O)CCC3O. The van der Waals surface area contributed by atoms with Gasteiger partial charge in [0.2, 0.25) is 5.78 Å². The fraction of sp³-hybridized carbons (Fsp3) is 0.400. The maximum Gasteiger partial charge on any atom is 0.228 e. The molecule has 3 aliphatic rings. The molecule has 5 heteroatoms. The van der Waals surface area contributed by atoms with Crippen LogP contribution in [0, 0.1) is 0 Å². The Balaban J connectivity index is 1.83. The van der Waals surface area contributed by atoms with E-state index in [1.807, 2.05) is 6.92 Å². The number of carbonyl (C=O) groups excluding carboxylic acids is 2. The lowest BCUT2D eigenvalue weighted by Crippen LogP contribution is -2.37. The number of aliphatic hydroxyl groups is 2. The molecule has 0 amide bonds. The van der Waals surface area contributed by atoms with Crippen molar-refractivity contribution < 1.29 is 24.2 Å². The minimum atomic E-state index is -0.722. The van der Waals surface area contributed by atoms with Crippen molar-refractivity contribution in [3.05, 3.63) is 57.5 Å². The minimum Gasteiger partial charge on any atom is -0.460 e. The van der Waals surface area contributed by atoms with Crippen LogP contribution in [0.1, 0.15) is 93.5 Å². The smallest absolute Gasteiger partial charge is 0.228 e. The second-order valence-electron chi connectivity index (χ2n) is 7.57. The summed E-state index contributed by atoms with van der Waals surface area (Å²) in [6.45, 7) is 2.04. The molecule has 1 aromatic carbocycles. The number of rotatable bonds is 0. The van der Waals surface area contributed by atoms with Gasteiger partial charge in [-0.25, -0.2) is 0 Å². The molecule has 25 heavy (non-hydrogen) atoms. The number of fused-ring (bicyclic) bond motifs is 3. The first-order valence-corrected chi connectivity index (χ1v) is 8.66. The van der Waals surface area contributed by atoms with Crippen molar-refractivity contribution in [2.24, 2.45) is 0 Å². The lowest BCUT2D eigenvalue weighted by molar-refractivity contribution is 0.0893. The van der Waals surface area contributed by atoms with E-state index in [1.54, 1.807) is 12.1 Å². The quantitative estimate of drug-likeness (QED) is 0.771. The van der Waals surface area contributed by atoms with E-state index in [2.05, 4.69) is 0 Å². The van der Waals surface area contributed by atoms with E-state index in [9.17, 15) is 19.8 Å². The van der Waals surface area contributed by atoms with Crippen LogP contribution in [0.3, 0.4) is 0 Å². The van der Waals surface area contributed by atoms with Gasteiger partial charge < -0.3 is 14.6 Å². The average molecular weight is 338 g/mol. The Kier molecular flexibility index (Phi) is 2.82. The van der Waals surface area contributed by atoms with Gasteiger partial charge in [0.1, 0.15) is 0 Å². The Morgan fingerprint density at radius 1 is 1.08 bits per heavy atom. The van der Waals surface area contributed by atoms with Crippen LogP contribution in [0.2, 0.25) is 0 Å². The Morgan fingerprint density at radius 2 is 1.84 bits per heavy atom. The molecule has 0 radical (unpaired) electrons. The zero-order chi connectivity index (χ0) is 17.5. The second-order valence-corrected chi connectivity index (χ2v) is 7.57. The molecule has 0 bridgehead atoms. The largest absolute Gasteiger partial charge is 0.460 e. The lowest BCUT2D eigenvalue weighted by atomic mass is 9.61. The van der Waals surface area contributed by atoms with Crippen LogP contribution in [0.25, 0.3) is 0 Å². The summed E-state index contributed by atoms with van der Waals surface area (Å²) in [5, 5.41) is 20.6. The fourth-order valence-electron chi connectivity index (χ4n) is 4.79. The first-order chi connectivity index (χ1) is 11.9. The number of Topliss-reactive ketones (excluding diaryl/α,β-unsaturated/α-hetero) is 1. The maximum atomic E-state index is 13.0. The van der Waals surface area contributed by atoms with Gasteiger partial charge in [-0.15, -0.1) is 0 Å². The molecule has 0 saturated carbocycles. The fourth-order valence-corrected chi connectivity index (χ4v) is 4.79. The normalized spacial score (nSPS) is 29.9. The van der Waals surface area contributed by atoms with Crippen LogP contribution in [-0.2, 0) is 5.41 Å². The van der Waals surface area contributed by atoms with Gasteiger partial charge in [0.15, 0.2) is 11.5 Å². The summed E-state index contributed by atoms with van der Waals surface area (Å²) >= 11 is 0. The highest BCUT2D eigenvalue weighted by atomic mass is 16.3. The van der Waals surface area contributed by atoms with Crippen molar-refractivity contribution in [1.29, 1.82) is 0 Å². The van der Waals surface area contributed by atoms with Crippen molar-refractivity contribution in [1.82, 2.24) is 0 Å². The Morgan fingerprint density at radius 3 is 2.64 bits per heavy atom. The van der Waals surface area contributed by atoms with E-state index >= 15 is 0 Å². The van der Waals surface area contributed by atoms with E-state index in [4.69, 9.17) is 4.42 Å². The summed E-state index contributed by atoms with van der Waals surface area (Å²) in [6, 6.07) is 3.47. The standard InChI is InChI=1S/C20H18O5/c1-20-5-4-16(23)12-8-25-19(17(12)20)18(24)11-6-9-10(7-13(11)20)15(22)3-2-14(9)21/h6-8,14,16,21,23H,2-5H2,1H3/t14?,16-,20?/m1/s1. The highest BCUT2D eigenvalue weighted by molar-refractivity contribution is 6.13. The highest BCUT2D eigenvalue weighted by Gasteiger charge is 2.48. The van der Waals surface area contributed by atoms with E-state index in [-0.39, 0.29) is 17.3 Å². The number of furan rings is 1. The van der Waals surface area contributed by atoms with Gasteiger partial charge in [-0.3, -0.25) is 9.59 Å². The molecule has 0 saturated heterocycles. The summed E-state index contributed by atoms with van der Waals surface area (Å²) in [5.41, 5.74) is 3.32. The Hall–Kier alpha value is -2.24. The summed E-state index contributed by atoms with van der Waals surface area (Å²) in [7, 11) is 0. The zero-order valence-electron chi connectivity index (χ0n) is 13.8. The first kappa shape index (κ1) is 15.0. The highest BCUT2D eigenvalue weighted by Crippen LogP contribution is 2.53. The average Bonchev–Trinajstić information content (AvgIpc) is 3.06. The molecule has 3 aliphatic carbocycles. The van der Waals surface area contributed by atoms with Crippen LogP contribution in [0.5, 0.6) is 0 Å². The number of aliphatic hydroxyl groups excluding tert-OH is 2. The van der Waals surface area contributed by atoms with E-state index in [0.717, 1.165) is 11.1 Å². The first-order valence-electron chi connectivity index (χ1n) is 8.66. The number of benzene rings is 1. The molecule has 1 heterocycles. The molecule has 5 rings (SSSR count). The van der Waals surface area contributed by atoms with E-state index in [1.165, 1.54) is 6.26 Å². The molecule has 1 aromatic heterocycles. The second kappa shape index (κ2) is 4.68. The molecule has 0 fully saturated rings. The zero-order valence-corrected chi connectivity index (χ0v) is 13.8. The Labute approximate surface area is 144 Å². The molecule has 3 atom stereocenters. The van der Waals surface area contributed by atoms with Crippen molar-refractivity contribution in [3.63, 3.8) is 0 Å². The van der Waals surface area contributed by atoms with Gasteiger partial charge >= 0.3 is 0 Å². The van der Waals surface area contributed by atoms with Crippen LogP contribution < -0.4 is 0 Å². The molecular formula is C20H18O5. The number of ketones is 2.